The van der Waals surface area contributed by atoms with Gasteiger partial charge in [0.25, 0.3) is 5.91 Å². The molecule has 1 aromatic heterocycles. The van der Waals surface area contributed by atoms with Gasteiger partial charge in [-0.3, -0.25) is 14.2 Å². The number of alkyl halides is 3. The molecule has 1 atom stereocenters. The molecule has 0 amide bonds. The number of nitrogens with zero attached hydrogens (tertiary/aromatic N) is 1. The highest BCUT2D eigenvalue weighted by Crippen LogP contribution is 2.39. The van der Waals surface area contributed by atoms with Crippen LogP contribution in [0.3, 0.4) is 0 Å². The lowest BCUT2D eigenvalue weighted by molar-refractivity contribution is -0.274. The molecule has 0 aliphatic rings. The number of hydrogen-bond acceptors (Lipinski definition) is 5. The highest BCUT2D eigenvalue weighted by molar-refractivity contribution is 6.05. The van der Waals surface area contributed by atoms with Crippen LogP contribution < -0.4 is 4.74 Å². The minimum absolute atomic E-state index is 0.00109. The molecule has 182 valence electrons. The first kappa shape index (κ1) is 25.0. The van der Waals surface area contributed by atoms with Gasteiger partial charge in [0, 0.05) is 22.7 Å². The molecule has 0 bridgehead atoms. The Morgan fingerprint density at radius 2 is 1.65 bits per heavy atom. The third-order valence-corrected chi connectivity index (χ3v) is 5.08. The summed E-state index contributed by atoms with van der Waals surface area (Å²) < 4.78 is 76.3. The van der Waals surface area contributed by atoms with Crippen LogP contribution >= 0.6 is 0 Å². The van der Waals surface area contributed by atoms with Crippen LogP contribution in [0.15, 0.2) is 30.3 Å². The Kier molecular flexibility index (Phi) is 6.59. The fourth-order valence-electron chi connectivity index (χ4n) is 3.68. The van der Waals surface area contributed by atoms with Gasteiger partial charge in [-0.05, 0) is 57.5 Å². The molecule has 0 aliphatic heterocycles. The van der Waals surface area contributed by atoms with Gasteiger partial charge in [-0.1, -0.05) is 0 Å². The van der Waals surface area contributed by atoms with Gasteiger partial charge in [0.15, 0.2) is 17.4 Å². The summed E-state index contributed by atoms with van der Waals surface area (Å²) in [6.07, 6.45) is -5.41. The fraction of sp³-hybridized carbons (Fsp3) is 0.304. The number of aromatic nitrogens is 1. The van der Waals surface area contributed by atoms with E-state index in [0.29, 0.717) is 0 Å². The van der Waals surface area contributed by atoms with E-state index in [9.17, 15) is 36.6 Å². The third kappa shape index (κ3) is 4.68. The normalized spacial score (nSPS) is 12.8. The van der Waals surface area contributed by atoms with Crippen molar-refractivity contribution in [1.82, 2.24) is 4.57 Å². The first-order valence-corrected chi connectivity index (χ1v) is 10.1. The van der Waals surface area contributed by atoms with Crippen molar-refractivity contribution in [2.24, 2.45) is 0 Å². The number of phenolic OH excluding ortho intramolecular Hbond substituents is 1. The molecule has 0 saturated heterocycles. The summed E-state index contributed by atoms with van der Waals surface area (Å²) in [6, 6.07) is 4.68. The van der Waals surface area contributed by atoms with Crippen LogP contribution in [0.5, 0.6) is 11.5 Å². The van der Waals surface area contributed by atoms with E-state index in [2.05, 4.69) is 4.74 Å². The number of esters is 1. The number of hydrogen-bond donors (Lipinski definition) is 1. The number of rotatable bonds is 5. The summed E-state index contributed by atoms with van der Waals surface area (Å²) in [5, 5.41) is 9.46. The molecular formula is C23H20F5NO5. The standard InChI is InChI=1S/C23H20F5NO5/c1-10(2)33-22(32)11(3)17-12(4)29(16-9-15(24)20(30)19(25)18(16)17)21(31)13-5-7-14(8-6-13)34-23(26,27)28/h5-11,30H,1-4H3. The minimum Gasteiger partial charge on any atom is -0.503 e. The van der Waals surface area contributed by atoms with Gasteiger partial charge in [-0.25, -0.2) is 8.78 Å². The second kappa shape index (κ2) is 8.96. The lowest BCUT2D eigenvalue weighted by Crippen LogP contribution is -2.19. The van der Waals surface area contributed by atoms with Crippen LogP contribution in [0.4, 0.5) is 22.0 Å². The van der Waals surface area contributed by atoms with Crippen molar-refractivity contribution < 1.29 is 46.1 Å². The molecule has 1 N–H and O–H groups in total. The average molecular weight is 485 g/mol. The number of halogens is 5. The van der Waals surface area contributed by atoms with Crippen molar-refractivity contribution in [3.8, 4) is 11.5 Å². The van der Waals surface area contributed by atoms with Crippen LogP contribution in [0, 0.1) is 18.6 Å². The first-order valence-electron chi connectivity index (χ1n) is 10.1. The van der Waals surface area contributed by atoms with Crippen LogP contribution in [0.2, 0.25) is 0 Å². The minimum atomic E-state index is -4.93. The van der Waals surface area contributed by atoms with E-state index in [4.69, 9.17) is 4.74 Å². The molecule has 34 heavy (non-hydrogen) atoms. The molecular weight excluding hydrogens is 465 g/mol. The number of fused-ring (bicyclic) bond motifs is 1. The van der Waals surface area contributed by atoms with Crippen LogP contribution in [0.25, 0.3) is 10.9 Å². The molecule has 11 heteroatoms. The Balaban J connectivity index is 2.19. The van der Waals surface area contributed by atoms with E-state index < -0.39 is 53.4 Å². The van der Waals surface area contributed by atoms with Gasteiger partial charge < -0.3 is 14.6 Å². The van der Waals surface area contributed by atoms with Gasteiger partial charge in [0.2, 0.25) is 0 Å². The van der Waals surface area contributed by atoms with Gasteiger partial charge in [0.1, 0.15) is 5.75 Å². The van der Waals surface area contributed by atoms with Gasteiger partial charge in [-0.2, -0.15) is 0 Å². The zero-order valence-corrected chi connectivity index (χ0v) is 18.5. The first-order chi connectivity index (χ1) is 15.7. The Hall–Kier alpha value is -3.63. The number of aromatic hydroxyl groups is 1. The maximum absolute atomic E-state index is 15.0. The zero-order valence-electron chi connectivity index (χ0n) is 18.5. The quantitative estimate of drug-likeness (QED) is 0.377. The predicted octanol–water partition coefficient (Wildman–Crippen LogP) is 5.58. The number of ether oxygens (including phenoxy) is 2. The highest BCUT2D eigenvalue weighted by atomic mass is 19.4. The summed E-state index contributed by atoms with van der Waals surface area (Å²) in [5.41, 5.74) is -0.330. The SMILES string of the molecule is Cc1c(C(C)C(=O)OC(C)C)c2c(F)c(O)c(F)cc2n1C(=O)c1ccc(OC(F)(F)F)cc1. The van der Waals surface area contributed by atoms with E-state index in [-0.39, 0.29) is 27.7 Å². The maximum Gasteiger partial charge on any atom is 0.573 e. The van der Waals surface area contributed by atoms with Crippen molar-refractivity contribution in [3.63, 3.8) is 0 Å². The molecule has 0 aliphatic carbocycles. The molecule has 3 rings (SSSR count). The molecule has 2 aromatic carbocycles. The Bertz CT molecular complexity index is 1260. The zero-order chi connectivity index (χ0) is 25.5. The lowest BCUT2D eigenvalue weighted by atomic mass is 9.97. The molecule has 0 fully saturated rings. The van der Waals surface area contributed by atoms with E-state index in [0.717, 1.165) is 34.9 Å². The van der Waals surface area contributed by atoms with Crippen LogP contribution in [-0.2, 0) is 9.53 Å². The van der Waals surface area contributed by atoms with Crippen molar-refractivity contribution in [3.05, 3.63) is 58.8 Å². The molecule has 1 heterocycles. The molecule has 6 nitrogen and oxygen atoms in total. The van der Waals surface area contributed by atoms with Crippen molar-refractivity contribution in [2.75, 3.05) is 0 Å². The number of phenols is 1. The lowest BCUT2D eigenvalue weighted by Gasteiger charge is -2.15. The second-order valence-electron chi connectivity index (χ2n) is 7.83. The summed E-state index contributed by atoms with van der Waals surface area (Å²) in [4.78, 5) is 25.8. The molecule has 0 radical (unpaired) electrons. The Morgan fingerprint density at radius 1 is 1.06 bits per heavy atom. The van der Waals surface area contributed by atoms with E-state index >= 15 is 0 Å². The maximum atomic E-state index is 15.0. The summed E-state index contributed by atoms with van der Waals surface area (Å²) >= 11 is 0. The Labute approximate surface area is 190 Å². The van der Waals surface area contributed by atoms with Crippen LogP contribution in [0.1, 0.15) is 48.3 Å². The number of benzene rings is 2. The molecule has 0 spiro atoms. The number of carbonyl (C=O) groups excluding carboxylic acids is 2. The highest BCUT2D eigenvalue weighted by Gasteiger charge is 2.33. The van der Waals surface area contributed by atoms with Crippen LogP contribution in [-0.4, -0.2) is 34.0 Å². The van der Waals surface area contributed by atoms with Crippen molar-refractivity contribution >= 4 is 22.8 Å². The Morgan fingerprint density at radius 3 is 2.18 bits per heavy atom. The largest absolute Gasteiger partial charge is 0.573 e. The predicted molar refractivity (Wildman–Crippen MR) is 111 cm³/mol. The second-order valence-corrected chi connectivity index (χ2v) is 7.83. The molecule has 3 aromatic rings. The average Bonchev–Trinajstić information content (AvgIpc) is 3.01. The van der Waals surface area contributed by atoms with E-state index in [1.54, 1.807) is 13.8 Å². The summed E-state index contributed by atoms with van der Waals surface area (Å²) in [5.74, 6) is -7.21. The monoisotopic (exact) mass is 485 g/mol. The smallest absolute Gasteiger partial charge is 0.503 e. The van der Waals surface area contributed by atoms with E-state index in [1.807, 2.05) is 0 Å². The van der Waals surface area contributed by atoms with Gasteiger partial charge in [-0.15, -0.1) is 13.2 Å². The topological polar surface area (TPSA) is 77.8 Å². The summed E-state index contributed by atoms with van der Waals surface area (Å²) in [6.45, 7) is 6.02. The van der Waals surface area contributed by atoms with Gasteiger partial charge in [0.05, 0.1) is 17.5 Å². The van der Waals surface area contributed by atoms with Crippen molar-refractivity contribution in [1.29, 1.82) is 0 Å². The third-order valence-electron chi connectivity index (χ3n) is 5.08. The molecule has 1 unspecified atom stereocenters. The molecule has 0 saturated carbocycles. The van der Waals surface area contributed by atoms with E-state index in [1.165, 1.54) is 13.8 Å². The number of carbonyl (C=O) groups is 2. The van der Waals surface area contributed by atoms with Crippen molar-refractivity contribution in [2.45, 2.75) is 46.1 Å². The van der Waals surface area contributed by atoms with Gasteiger partial charge >= 0.3 is 12.3 Å². The summed E-state index contributed by atoms with van der Waals surface area (Å²) in [7, 11) is 0. The fourth-order valence-corrected chi connectivity index (χ4v) is 3.68.